The highest BCUT2D eigenvalue weighted by Crippen LogP contribution is 2.34. The topological polar surface area (TPSA) is 138 Å². The summed E-state index contributed by atoms with van der Waals surface area (Å²) in [5, 5.41) is 22.5. The second-order valence-corrected chi connectivity index (χ2v) is 8.64. The highest BCUT2D eigenvalue weighted by Gasteiger charge is 2.39. The Morgan fingerprint density at radius 1 is 1.28 bits per heavy atom. The van der Waals surface area contributed by atoms with E-state index >= 15 is 0 Å². The molecule has 3 aromatic rings. The van der Waals surface area contributed by atoms with Gasteiger partial charge < -0.3 is 26.4 Å². The van der Waals surface area contributed by atoms with Gasteiger partial charge in [0.15, 0.2) is 0 Å². The van der Waals surface area contributed by atoms with E-state index in [9.17, 15) is 14.7 Å². The summed E-state index contributed by atoms with van der Waals surface area (Å²) in [4.78, 5) is 31.2. The number of anilines is 2. The Morgan fingerprint density at radius 2 is 2.03 bits per heavy atom. The molecule has 2 aromatic heterocycles. The first-order valence-electron chi connectivity index (χ1n) is 10.1. The minimum Gasteiger partial charge on any atom is -0.508 e. The molecule has 1 aliphatic rings. The number of amides is 2. The lowest BCUT2D eigenvalue weighted by Gasteiger charge is -2.41. The van der Waals surface area contributed by atoms with Gasteiger partial charge in [0.2, 0.25) is 5.91 Å². The summed E-state index contributed by atoms with van der Waals surface area (Å²) in [5.74, 6) is -0.634. The van der Waals surface area contributed by atoms with E-state index in [2.05, 4.69) is 20.7 Å². The molecule has 168 valence electrons. The summed E-state index contributed by atoms with van der Waals surface area (Å²) >= 11 is 1.37. The van der Waals surface area contributed by atoms with Gasteiger partial charge in [0.25, 0.3) is 5.91 Å². The number of hydrogen-bond donors (Lipinski definition) is 4. The van der Waals surface area contributed by atoms with Gasteiger partial charge in [-0.05, 0) is 32.0 Å². The molecule has 5 N–H and O–H groups in total. The van der Waals surface area contributed by atoms with Crippen LogP contribution < -0.4 is 21.3 Å². The maximum atomic E-state index is 12.9. The molecule has 3 heterocycles. The highest BCUT2D eigenvalue weighted by molar-refractivity contribution is 7.13. The summed E-state index contributed by atoms with van der Waals surface area (Å²) in [7, 11) is 3.55. The van der Waals surface area contributed by atoms with Crippen LogP contribution in [0.1, 0.15) is 23.3 Å². The third-order valence-electron chi connectivity index (χ3n) is 5.83. The van der Waals surface area contributed by atoms with E-state index in [0.717, 1.165) is 5.56 Å². The summed E-state index contributed by atoms with van der Waals surface area (Å²) < 4.78 is 1.68. The van der Waals surface area contributed by atoms with Crippen LogP contribution in [0.2, 0.25) is 0 Å². The number of aryl methyl sites for hydroxylation is 1. The number of primary amides is 1. The molecule has 0 aliphatic carbocycles. The lowest BCUT2D eigenvalue weighted by atomic mass is 9.86. The number of nitrogens with zero attached hydrogens (tertiary/aromatic N) is 4. The fraction of sp³-hybridized carbons (Fsp3) is 0.333. The molecule has 0 saturated carbocycles. The highest BCUT2D eigenvalue weighted by atomic mass is 32.1. The van der Waals surface area contributed by atoms with Crippen molar-refractivity contribution in [2.75, 3.05) is 30.4 Å². The Bertz CT molecular complexity index is 1150. The number of rotatable bonds is 6. The van der Waals surface area contributed by atoms with Crippen molar-refractivity contribution in [1.29, 1.82) is 0 Å². The van der Waals surface area contributed by atoms with E-state index in [4.69, 9.17) is 5.73 Å². The van der Waals surface area contributed by atoms with E-state index in [1.807, 2.05) is 18.1 Å². The second-order valence-electron chi connectivity index (χ2n) is 7.78. The summed E-state index contributed by atoms with van der Waals surface area (Å²) in [6, 6.07) is 4.78. The number of carbonyl (C=O) groups excluding carboxylic acids is 2. The van der Waals surface area contributed by atoms with Crippen LogP contribution in [0.15, 0.2) is 36.0 Å². The Hall–Kier alpha value is -3.44. The first-order chi connectivity index (χ1) is 15.3. The van der Waals surface area contributed by atoms with Crippen LogP contribution >= 0.6 is 11.3 Å². The Kier molecular flexibility index (Phi) is 5.85. The maximum Gasteiger partial charge on any atom is 0.275 e. The largest absolute Gasteiger partial charge is 0.508 e. The molecule has 1 saturated heterocycles. The fourth-order valence-corrected chi connectivity index (χ4v) is 4.64. The third-order valence-corrected chi connectivity index (χ3v) is 6.72. The van der Waals surface area contributed by atoms with Crippen LogP contribution in [0.25, 0.3) is 10.6 Å². The molecule has 0 spiro atoms. The number of nitrogens with one attached hydrogen (secondary N) is 2. The number of aromatic nitrogens is 3. The maximum absolute atomic E-state index is 12.9. The van der Waals surface area contributed by atoms with E-state index in [-0.39, 0.29) is 17.6 Å². The number of thiazole rings is 1. The quantitative estimate of drug-likeness (QED) is 0.414. The molecule has 1 aliphatic heterocycles. The second kappa shape index (κ2) is 8.60. The van der Waals surface area contributed by atoms with Gasteiger partial charge in [-0.25, -0.2) is 4.98 Å². The van der Waals surface area contributed by atoms with Crippen molar-refractivity contribution >= 4 is 34.5 Å². The Labute approximate surface area is 189 Å². The number of phenolic OH excluding ortho intramolecular Hbond substituents is 1. The molecular formula is C21H25N7O3S. The zero-order chi connectivity index (χ0) is 22.9. The standard InChI is InChI=1S/C21H25N7O3S/c1-23-21(20(22)31)5-7-28(8-6-21)17-9-14(29)3-4-15(17)25-18(30)16-12-32-19(26-16)13-10-24-27(2)11-13/h3-4,9-12,23,29H,5-8H2,1-2H3,(H2,22,31)(H,25,30). The zero-order valence-electron chi connectivity index (χ0n) is 17.8. The molecule has 10 nitrogen and oxygen atoms in total. The number of likely N-dealkylation sites (N-methyl/N-ethyl adjacent to an activating group) is 1. The van der Waals surface area contributed by atoms with Crippen LogP contribution in [-0.2, 0) is 11.8 Å². The van der Waals surface area contributed by atoms with Crippen molar-refractivity contribution in [2.45, 2.75) is 18.4 Å². The molecule has 4 rings (SSSR count). The average Bonchev–Trinajstić information content (AvgIpc) is 3.44. The average molecular weight is 456 g/mol. The van der Waals surface area contributed by atoms with Crippen molar-refractivity contribution in [3.63, 3.8) is 0 Å². The van der Waals surface area contributed by atoms with Gasteiger partial charge in [0, 0.05) is 43.3 Å². The molecule has 0 atom stereocenters. The van der Waals surface area contributed by atoms with Gasteiger partial charge in [-0.2, -0.15) is 5.10 Å². The predicted octanol–water partition coefficient (Wildman–Crippen LogP) is 1.55. The van der Waals surface area contributed by atoms with Crippen LogP contribution in [-0.4, -0.2) is 57.4 Å². The monoisotopic (exact) mass is 455 g/mol. The lowest BCUT2D eigenvalue weighted by Crippen LogP contribution is -2.59. The molecule has 0 radical (unpaired) electrons. The molecule has 1 fully saturated rings. The smallest absolute Gasteiger partial charge is 0.275 e. The molecule has 1 aromatic carbocycles. The predicted molar refractivity (Wildman–Crippen MR) is 123 cm³/mol. The van der Waals surface area contributed by atoms with Crippen molar-refractivity contribution in [3.05, 3.63) is 41.7 Å². The fourth-order valence-electron chi connectivity index (χ4n) is 3.86. The molecule has 11 heteroatoms. The SMILES string of the molecule is CNC1(C(N)=O)CCN(c2cc(O)ccc2NC(=O)c2csc(-c3cnn(C)c3)n2)CC1. The number of carbonyl (C=O) groups is 2. The van der Waals surface area contributed by atoms with Gasteiger partial charge in [-0.3, -0.25) is 14.3 Å². The van der Waals surface area contributed by atoms with E-state index in [1.54, 1.807) is 35.4 Å². The molecule has 32 heavy (non-hydrogen) atoms. The van der Waals surface area contributed by atoms with Gasteiger partial charge >= 0.3 is 0 Å². The number of phenols is 1. The number of piperidine rings is 1. The molecule has 0 unspecified atom stereocenters. The normalized spacial score (nSPS) is 15.5. The van der Waals surface area contributed by atoms with Crippen LogP contribution in [0, 0.1) is 0 Å². The number of benzene rings is 1. The third kappa shape index (κ3) is 4.16. The van der Waals surface area contributed by atoms with Gasteiger partial charge in [0.1, 0.15) is 22.0 Å². The van der Waals surface area contributed by atoms with Crippen molar-refractivity contribution in [1.82, 2.24) is 20.1 Å². The summed E-state index contributed by atoms with van der Waals surface area (Å²) in [5.41, 5.74) is 7.23. The molecule has 2 amide bonds. The van der Waals surface area contributed by atoms with Gasteiger partial charge in [0.05, 0.1) is 17.6 Å². The first kappa shape index (κ1) is 21.8. The zero-order valence-corrected chi connectivity index (χ0v) is 18.6. The van der Waals surface area contributed by atoms with Gasteiger partial charge in [-0.15, -0.1) is 11.3 Å². The molecular weight excluding hydrogens is 430 g/mol. The number of aromatic hydroxyl groups is 1. The van der Waals surface area contributed by atoms with Crippen molar-refractivity contribution in [2.24, 2.45) is 12.8 Å². The van der Waals surface area contributed by atoms with E-state index < -0.39 is 5.54 Å². The number of hydrogen-bond acceptors (Lipinski definition) is 8. The Morgan fingerprint density at radius 3 is 2.66 bits per heavy atom. The van der Waals surface area contributed by atoms with Crippen molar-refractivity contribution in [3.8, 4) is 16.3 Å². The summed E-state index contributed by atoms with van der Waals surface area (Å²) in [6.07, 6.45) is 4.57. The van der Waals surface area contributed by atoms with Crippen LogP contribution in [0.3, 0.4) is 0 Å². The van der Waals surface area contributed by atoms with E-state index in [1.165, 1.54) is 17.4 Å². The van der Waals surface area contributed by atoms with Crippen molar-refractivity contribution < 1.29 is 14.7 Å². The minimum absolute atomic E-state index is 0.0888. The molecule has 0 bridgehead atoms. The van der Waals surface area contributed by atoms with Crippen LogP contribution in [0.4, 0.5) is 11.4 Å². The van der Waals surface area contributed by atoms with Crippen LogP contribution in [0.5, 0.6) is 5.75 Å². The lowest BCUT2D eigenvalue weighted by molar-refractivity contribution is -0.125. The number of nitrogens with two attached hydrogens (primary N) is 1. The van der Waals surface area contributed by atoms with Gasteiger partial charge in [-0.1, -0.05) is 0 Å². The summed E-state index contributed by atoms with van der Waals surface area (Å²) in [6.45, 7) is 1.08. The van der Waals surface area contributed by atoms with E-state index in [0.29, 0.717) is 48.0 Å². The first-order valence-corrected chi connectivity index (χ1v) is 11.0. The minimum atomic E-state index is -0.750. The Balaban J connectivity index is 1.52.